The molecule has 0 aliphatic carbocycles. The molecule has 1 aromatic carbocycles. The van der Waals surface area contributed by atoms with E-state index in [1.165, 1.54) is 0 Å². The lowest BCUT2D eigenvalue weighted by Gasteiger charge is -2.13. The predicted octanol–water partition coefficient (Wildman–Crippen LogP) is 4.40. The number of hydrogen-bond acceptors (Lipinski definition) is 2. The summed E-state index contributed by atoms with van der Waals surface area (Å²) >= 11 is 6.02. The number of pyridine rings is 1. The SMILES string of the molecule is CC(C)c1cc(C#N)c(Cl)nc1-c1ccccc1. The van der Waals surface area contributed by atoms with E-state index in [-0.39, 0.29) is 11.1 Å². The summed E-state index contributed by atoms with van der Waals surface area (Å²) in [4.78, 5) is 4.38. The average Bonchev–Trinajstić information content (AvgIpc) is 2.39. The van der Waals surface area contributed by atoms with Crippen LogP contribution in [0.1, 0.15) is 30.9 Å². The molecule has 0 amide bonds. The van der Waals surface area contributed by atoms with Crippen LogP contribution in [-0.2, 0) is 0 Å². The number of halogens is 1. The predicted molar refractivity (Wildman–Crippen MR) is 73.5 cm³/mol. The molecule has 0 atom stereocenters. The van der Waals surface area contributed by atoms with Crippen molar-refractivity contribution in [3.05, 3.63) is 52.7 Å². The van der Waals surface area contributed by atoms with Crippen molar-refractivity contribution in [3.8, 4) is 17.3 Å². The van der Waals surface area contributed by atoms with Gasteiger partial charge in [0.15, 0.2) is 0 Å². The van der Waals surface area contributed by atoms with Crippen molar-refractivity contribution in [1.29, 1.82) is 5.26 Å². The molecule has 3 heteroatoms. The van der Waals surface area contributed by atoms with Crippen LogP contribution in [0, 0.1) is 11.3 Å². The van der Waals surface area contributed by atoms with E-state index in [2.05, 4.69) is 24.9 Å². The highest BCUT2D eigenvalue weighted by Crippen LogP contribution is 2.30. The largest absolute Gasteiger partial charge is 0.234 e. The Morgan fingerprint density at radius 1 is 1.22 bits per heavy atom. The van der Waals surface area contributed by atoms with Crippen LogP contribution >= 0.6 is 11.6 Å². The molecule has 0 saturated carbocycles. The lowest BCUT2D eigenvalue weighted by Crippen LogP contribution is -1.98. The lowest BCUT2D eigenvalue weighted by atomic mass is 9.96. The summed E-state index contributed by atoms with van der Waals surface area (Å²) in [6.07, 6.45) is 0. The van der Waals surface area contributed by atoms with E-state index in [0.29, 0.717) is 5.56 Å². The molecule has 18 heavy (non-hydrogen) atoms. The van der Waals surface area contributed by atoms with Crippen molar-refractivity contribution in [3.63, 3.8) is 0 Å². The quantitative estimate of drug-likeness (QED) is 0.747. The Morgan fingerprint density at radius 3 is 2.44 bits per heavy atom. The van der Waals surface area contributed by atoms with Gasteiger partial charge in [-0.25, -0.2) is 4.98 Å². The maximum Gasteiger partial charge on any atom is 0.147 e. The lowest BCUT2D eigenvalue weighted by molar-refractivity contribution is 0.860. The molecule has 0 radical (unpaired) electrons. The Labute approximate surface area is 112 Å². The molecule has 2 rings (SSSR count). The Morgan fingerprint density at radius 2 is 1.89 bits per heavy atom. The minimum Gasteiger partial charge on any atom is -0.234 e. The smallest absolute Gasteiger partial charge is 0.147 e. The molecule has 2 nitrogen and oxygen atoms in total. The molecule has 0 bridgehead atoms. The van der Waals surface area contributed by atoms with Gasteiger partial charge in [0.2, 0.25) is 0 Å². The molecule has 0 aliphatic rings. The number of rotatable bonds is 2. The molecular formula is C15H13ClN2. The van der Waals surface area contributed by atoms with Crippen LogP contribution < -0.4 is 0 Å². The van der Waals surface area contributed by atoms with E-state index < -0.39 is 0 Å². The van der Waals surface area contributed by atoms with E-state index in [9.17, 15) is 0 Å². The Kier molecular flexibility index (Phi) is 3.64. The van der Waals surface area contributed by atoms with Crippen LogP contribution in [-0.4, -0.2) is 4.98 Å². The Bertz CT molecular complexity index is 598. The van der Waals surface area contributed by atoms with Crippen molar-refractivity contribution in [2.24, 2.45) is 0 Å². The summed E-state index contributed by atoms with van der Waals surface area (Å²) < 4.78 is 0. The Balaban J connectivity index is 2.67. The molecule has 1 aromatic heterocycles. The molecule has 90 valence electrons. The fourth-order valence-corrected chi connectivity index (χ4v) is 2.03. The fraction of sp³-hybridized carbons (Fsp3) is 0.200. The van der Waals surface area contributed by atoms with Gasteiger partial charge in [-0.3, -0.25) is 0 Å². The number of benzene rings is 1. The highest BCUT2D eigenvalue weighted by molar-refractivity contribution is 6.30. The highest BCUT2D eigenvalue weighted by atomic mass is 35.5. The van der Waals surface area contributed by atoms with Crippen molar-refractivity contribution < 1.29 is 0 Å². The number of nitrogens with zero attached hydrogens (tertiary/aromatic N) is 2. The van der Waals surface area contributed by atoms with Gasteiger partial charge in [-0.05, 0) is 17.5 Å². The zero-order valence-electron chi connectivity index (χ0n) is 10.3. The summed E-state index contributed by atoms with van der Waals surface area (Å²) in [5.74, 6) is 0.289. The van der Waals surface area contributed by atoms with Gasteiger partial charge in [-0.1, -0.05) is 55.8 Å². The monoisotopic (exact) mass is 256 g/mol. The molecule has 0 spiro atoms. The second-order valence-corrected chi connectivity index (χ2v) is 4.76. The second kappa shape index (κ2) is 5.20. The van der Waals surface area contributed by atoms with E-state index in [1.54, 1.807) is 0 Å². The first kappa shape index (κ1) is 12.6. The molecule has 0 N–H and O–H groups in total. The maximum atomic E-state index is 9.01. The first-order valence-corrected chi connectivity index (χ1v) is 6.17. The number of aromatic nitrogens is 1. The van der Waals surface area contributed by atoms with Crippen LogP contribution in [0.3, 0.4) is 0 Å². The van der Waals surface area contributed by atoms with Crippen molar-refractivity contribution in [2.75, 3.05) is 0 Å². The van der Waals surface area contributed by atoms with Gasteiger partial charge in [0.25, 0.3) is 0 Å². The van der Waals surface area contributed by atoms with Gasteiger partial charge in [-0.2, -0.15) is 5.26 Å². The van der Waals surface area contributed by atoms with Gasteiger partial charge in [0.05, 0.1) is 11.3 Å². The maximum absolute atomic E-state index is 9.01. The van der Waals surface area contributed by atoms with Crippen LogP contribution in [0.15, 0.2) is 36.4 Å². The number of hydrogen-bond donors (Lipinski definition) is 0. The summed E-state index contributed by atoms with van der Waals surface area (Å²) in [7, 11) is 0. The third-order valence-corrected chi connectivity index (χ3v) is 3.08. The standard InChI is InChI=1S/C15H13ClN2/c1-10(2)13-8-12(9-17)15(16)18-14(13)11-6-4-3-5-7-11/h3-8,10H,1-2H3. The third kappa shape index (κ3) is 2.37. The molecule has 0 fully saturated rings. The van der Waals surface area contributed by atoms with Crippen molar-refractivity contribution in [2.45, 2.75) is 19.8 Å². The zero-order chi connectivity index (χ0) is 13.1. The molecule has 0 aliphatic heterocycles. The minimum atomic E-state index is 0.265. The minimum absolute atomic E-state index is 0.265. The first-order valence-electron chi connectivity index (χ1n) is 5.79. The number of nitriles is 1. The molecule has 1 heterocycles. The van der Waals surface area contributed by atoms with E-state index in [1.807, 2.05) is 36.4 Å². The summed E-state index contributed by atoms with van der Waals surface area (Å²) in [5.41, 5.74) is 3.35. The van der Waals surface area contributed by atoms with Gasteiger partial charge in [0.1, 0.15) is 11.2 Å². The summed E-state index contributed by atoms with van der Waals surface area (Å²) in [6.45, 7) is 4.16. The van der Waals surface area contributed by atoms with Crippen LogP contribution in [0.4, 0.5) is 0 Å². The van der Waals surface area contributed by atoms with Crippen LogP contribution in [0.2, 0.25) is 5.15 Å². The van der Waals surface area contributed by atoms with Crippen LogP contribution in [0.25, 0.3) is 11.3 Å². The van der Waals surface area contributed by atoms with Gasteiger partial charge < -0.3 is 0 Å². The average molecular weight is 257 g/mol. The van der Waals surface area contributed by atoms with E-state index in [0.717, 1.165) is 16.8 Å². The normalized spacial score (nSPS) is 10.4. The Hall–Kier alpha value is -1.85. The highest BCUT2D eigenvalue weighted by Gasteiger charge is 2.14. The molecular weight excluding hydrogens is 244 g/mol. The van der Waals surface area contributed by atoms with Crippen molar-refractivity contribution >= 4 is 11.6 Å². The van der Waals surface area contributed by atoms with Gasteiger partial charge in [-0.15, -0.1) is 0 Å². The first-order chi connectivity index (χ1) is 8.63. The summed E-state index contributed by atoms with van der Waals surface area (Å²) in [5, 5.41) is 9.28. The van der Waals surface area contributed by atoms with Gasteiger partial charge >= 0.3 is 0 Å². The van der Waals surface area contributed by atoms with E-state index in [4.69, 9.17) is 16.9 Å². The van der Waals surface area contributed by atoms with E-state index >= 15 is 0 Å². The third-order valence-electron chi connectivity index (χ3n) is 2.80. The molecule has 0 unspecified atom stereocenters. The van der Waals surface area contributed by atoms with Gasteiger partial charge in [0, 0.05) is 5.56 Å². The zero-order valence-corrected chi connectivity index (χ0v) is 11.1. The summed E-state index contributed by atoms with van der Waals surface area (Å²) in [6, 6.07) is 13.8. The topological polar surface area (TPSA) is 36.7 Å². The molecule has 0 saturated heterocycles. The van der Waals surface area contributed by atoms with Crippen LogP contribution in [0.5, 0.6) is 0 Å². The van der Waals surface area contributed by atoms with Crippen molar-refractivity contribution in [1.82, 2.24) is 4.98 Å². The molecule has 2 aromatic rings. The fourth-order valence-electron chi connectivity index (χ4n) is 1.85. The second-order valence-electron chi connectivity index (χ2n) is 4.40.